The van der Waals surface area contributed by atoms with E-state index in [4.69, 9.17) is 4.74 Å². The maximum absolute atomic E-state index is 12.0. The van der Waals surface area contributed by atoms with Crippen LogP contribution in [0.25, 0.3) is 0 Å². The van der Waals surface area contributed by atoms with E-state index in [2.05, 4.69) is 10.6 Å². The summed E-state index contributed by atoms with van der Waals surface area (Å²) in [5, 5.41) is 5.50. The molecule has 1 atom stereocenters. The van der Waals surface area contributed by atoms with Crippen LogP contribution in [-0.4, -0.2) is 46.0 Å². The third-order valence-corrected chi connectivity index (χ3v) is 5.88. The fraction of sp³-hybridized carbons (Fsp3) is 0.533. The minimum Gasteiger partial charge on any atom is -0.376 e. The second-order valence-electron chi connectivity index (χ2n) is 5.76. The molecule has 0 radical (unpaired) electrons. The van der Waals surface area contributed by atoms with Crippen molar-refractivity contribution in [3.63, 3.8) is 0 Å². The monoisotopic (exact) mass is 339 g/mol. The lowest BCUT2D eigenvalue weighted by Crippen LogP contribution is -2.35. The van der Waals surface area contributed by atoms with Crippen LogP contribution >= 0.6 is 0 Å². The zero-order valence-corrected chi connectivity index (χ0v) is 13.6. The number of sulfonamides is 1. The van der Waals surface area contributed by atoms with Gasteiger partial charge in [-0.15, -0.1) is 0 Å². The third kappa shape index (κ3) is 3.94. The number of urea groups is 1. The van der Waals surface area contributed by atoms with E-state index in [1.54, 1.807) is 24.3 Å². The van der Waals surface area contributed by atoms with Crippen LogP contribution in [0.5, 0.6) is 0 Å². The standard InChI is InChI=1S/C15H21N3O4S/c19-15(16-11-14-6-2-8-22-14)17-12-4-1-5-13(10-12)18-7-3-9-23(18,20)21/h1,4-5,10,14H,2-3,6-9,11H2,(H2,16,17,19). The summed E-state index contributed by atoms with van der Waals surface area (Å²) in [4.78, 5) is 11.9. The molecule has 7 nitrogen and oxygen atoms in total. The van der Waals surface area contributed by atoms with E-state index >= 15 is 0 Å². The molecule has 0 spiro atoms. The molecule has 1 unspecified atom stereocenters. The molecule has 0 saturated carbocycles. The highest BCUT2D eigenvalue weighted by Gasteiger charge is 2.28. The van der Waals surface area contributed by atoms with Gasteiger partial charge in [-0.25, -0.2) is 13.2 Å². The Balaban J connectivity index is 1.60. The first-order valence-corrected chi connectivity index (χ1v) is 9.42. The molecule has 2 amide bonds. The van der Waals surface area contributed by atoms with Crippen molar-refractivity contribution in [1.29, 1.82) is 0 Å². The first kappa shape index (κ1) is 16.1. The van der Waals surface area contributed by atoms with Gasteiger partial charge in [0.15, 0.2) is 0 Å². The lowest BCUT2D eigenvalue weighted by atomic mass is 10.2. The predicted octanol–water partition coefficient (Wildman–Crippen LogP) is 1.53. The van der Waals surface area contributed by atoms with Gasteiger partial charge < -0.3 is 15.4 Å². The Bertz CT molecular complexity index is 671. The molecule has 2 aliphatic rings. The van der Waals surface area contributed by atoms with Gasteiger partial charge in [0.2, 0.25) is 10.0 Å². The van der Waals surface area contributed by atoms with Gasteiger partial charge in [0, 0.05) is 25.4 Å². The Hall–Kier alpha value is -1.80. The molecule has 1 aromatic carbocycles. The second kappa shape index (κ2) is 6.76. The van der Waals surface area contributed by atoms with Crippen molar-refractivity contribution in [3.8, 4) is 0 Å². The van der Waals surface area contributed by atoms with Crippen LogP contribution in [0.3, 0.4) is 0 Å². The van der Waals surface area contributed by atoms with Crippen molar-refractivity contribution < 1.29 is 17.9 Å². The largest absolute Gasteiger partial charge is 0.376 e. The number of carbonyl (C=O) groups is 1. The van der Waals surface area contributed by atoms with Crippen molar-refractivity contribution in [2.45, 2.75) is 25.4 Å². The molecular formula is C15H21N3O4S. The van der Waals surface area contributed by atoms with Crippen molar-refractivity contribution in [2.24, 2.45) is 0 Å². The minimum absolute atomic E-state index is 0.0850. The average molecular weight is 339 g/mol. The Morgan fingerprint density at radius 3 is 2.91 bits per heavy atom. The van der Waals surface area contributed by atoms with Crippen molar-refractivity contribution in [2.75, 3.05) is 35.1 Å². The van der Waals surface area contributed by atoms with Gasteiger partial charge >= 0.3 is 6.03 Å². The number of hydrogen-bond acceptors (Lipinski definition) is 4. The second-order valence-corrected chi connectivity index (χ2v) is 7.77. The first-order valence-electron chi connectivity index (χ1n) is 7.81. The highest BCUT2D eigenvalue weighted by molar-refractivity contribution is 7.93. The predicted molar refractivity (Wildman–Crippen MR) is 88.2 cm³/mol. The number of ether oxygens (including phenoxy) is 1. The molecule has 3 rings (SSSR count). The van der Waals surface area contributed by atoms with Crippen LogP contribution in [0.15, 0.2) is 24.3 Å². The summed E-state index contributed by atoms with van der Waals surface area (Å²) in [5.41, 5.74) is 1.15. The van der Waals surface area contributed by atoms with E-state index < -0.39 is 10.0 Å². The van der Waals surface area contributed by atoms with E-state index in [1.165, 1.54) is 4.31 Å². The highest BCUT2D eigenvalue weighted by Crippen LogP contribution is 2.26. The molecule has 0 bridgehead atoms. The van der Waals surface area contributed by atoms with Gasteiger partial charge in [0.05, 0.1) is 17.5 Å². The van der Waals surface area contributed by atoms with Crippen molar-refractivity contribution in [3.05, 3.63) is 24.3 Å². The summed E-state index contributed by atoms with van der Waals surface area (Å²) >= 11 is 0. The van der Waals surface area contributed by atoms with Gasteiger partial charge in [-0.2, -0.15) is 0 Å². The molecule has 2 heterocycles. The Morgan fingerprint density at radius 2 is 2.22 bits per heavy atom. The average Bonchev–Trinajstić information content (AvgIpc) is 3.14. The molecule has 1 aromatic rings. The lowest BCUT2D eigenvalue weighted by Gasteiger charge is -2.18. The summed E-state index contributed by atoms with van der Waals surface area (Å²) in [6.07, 6.45) is 2.70. The molecule has 2 saturated heterocycles. The molecule has 0 aliphatic carbocycles. The van der Waals surface area contributed by atoms with E-state index in [9.17, 15) is 13.2 Å². The lowest BCUT2D eigenvalue weighted by molar-refractivity contribution is 0.112. The molecule has 8 heteroatoms. The van der Waals surface area contributed by atoms with E-state index in [0.717, 1.165) is 19.4 Å². The maximum Gasteiger partial charge on any atom is 0.319 e. The summed E-state index contributed by atoms with van der Waals surface area (Å²) in [6.45, 7) is 1.71. The summed E-state index contributed by atoms with van der Waals surface area (Å²) < 4.78 is 30.8. The fourth-order valence-electron chi connectivity index (χ4n) is 2.86. The molecule has 126 valence electrons. The number of nitrogens with one attached hydrogen (secondary N) is 2. The van der Waals surface area contributed by atoms with Gasteiger partial charge in [-0.05, 0) is 37.5 Å². The Morgan fingerprint density at radius 1 is 1.35 bits per heavy atom. The minimum atomic E-state index is -3.22. The molecule has 0 aromatic heterocycles. The zero-order valence-electron chi connectivity index (χ0n) is 12.8. The summed E-state index contributed by atoms with van der Waals surface area (Å²) in [5.74, 6) is 0.173. The summed E-state index contributed by atoms with van der Waals surface area (Å²) in [7, 11) is -3.22. The maximum atomic E-state index is 12.0. The van der Waals surface area contributed by atoms with Gasteiger partial charge in [0.25, 0.3) is 0 Å². The van der Waals surface area contributed by atoms with Crippen LogP contribution in [-0.2, 0) is 14.8 Å². The van der Waals surface area contributed by atoms with Gasteiger partial charge in [0.1, 0.15) is 0 Å². The smallest absolute Gasteiger partial charge is 0.319 e. The van der Waals surface area contributed by atoms with Crippen molar-refractivity contribution in [1.82, 2.24) is 5.32 Å². The molecule has 2 N–H and O–H groups in total. The number of carbonyl (C=O) groups excluding carboxylic acids is 1. The fourth-order valence-corrected chi connectivity index (χ4v) is 4.41. The number of nitrogens with zero attached hydrogens (tertiary/aromatic N) is 1. The molecular weight excluding hydrogens is 318 g/mol. The number of amides is 2. The first-order chi connectivity index (χ1) is 11.0. The van der Waals surface area contributed by atoms with Crippen LogP contribution < -0.4 is 14.9 Å². The topological polar surface area (TPSA) is 87.7 Å². The quantitative estimate of drug-likeness (QED) is 0.871. The molecule has 2 aliphatic heterocycles. The SMILES string of the molecule is O=C(NCC1CCCO1)Nc1cccc(N2CCCS2(=O)=O)c1. The molecule has 23 heavy (non-hydrogen) atoms. The third-order valence-electron chi connectivity index (χ3n) is 4.01. The van der Waals surface area contributed by atoms with Gasteiger partial charge in [-0.3, -0.25) is 4.31 Å². The Kier molecular flexibility index (Phi) is 4.72. The van der Waals surface area contributed by atoms with Crippen LogP contribution in [0, 0.1) is 0 Å². The van der Waals surface area contributed by atoms with Crippen LogP contribution in [0.1, 0.15) is 19.3 Å². The number of rotatable bonds is 4. The van der Waals surface area contributed by atoms with Crippen LogP contribution in [0.4, 0.5) is 16.2 Å². The number of benzene rings is 1. The van der Waals surface area contributed by atoms with E-state index in [0.29, 0.717) is 30.9 Å². The normalized spacial score (nSPS) is 23.0. The van der Waals surface area contributed by atoms with Gasteiger partial charge in [-0.1, -0.05) is 6.07 Å². The number of hydrogen-bond donors (Lipinski definition) is 2. The zero-order chi connectivity index (χ0) is 16.3. The summed E-state index contributed by atoms with van der Waals surface area (Å²) in [6, 6.07) is 6.56. The number of anilines is 2. The molecule has 2 fully saturated rings. The van der Waals surface area contributed by atoms with E-state index in [-0.39, 0.29) is 17.9 Å². The van der Waals surface area contributed by atoms with E-state index in [1.807, 2.05) is 0 Å². The van der Waals surface area contributed by atoms with Crippen molar-refractivity contribution >= 4 is 27.4 Å². The highest BCUT2D eigenvalue weighted by atomic mass is 32.2. The van der Waals surface area contributed by atoms with Crippen LogP contribution in [0.2, 0.25) is 0 Å². The Labute approximate surface area is 136 Å².